The predicted octanol–water partition coefficient (Wildman–Crippen LogP) is 3.25. The number of benzene rings is 1. The number of hydrogen-bond acceptors (Lipinski definition) is 4. The molecule has 21 heavy (non-hydrogen) atoms. The Labute approximate surface area is 131 Å². The van der Waals surface area contributed by atoms with Crippen LogP contribution in [0.25, 0.3) is 0 Å². The van der Waals surface area contributed by atoms with Gasteiger partial charge in [-0.25, -0.2) is 5.43 Å². The summed E-state index contributed by atoms with van der Waals surface area (Å²) >= 11 is 11.7. The maximum absolute atomic E-state index is 11.8. The number of pyridine rings is 1. The van der Waals surface area contributed by atoms with Gasteiger partial charge in [0.05, 0.1) is 10.7 Å². The van der Waals surface area contributed by atoms with Crippen LogP contribution in [0.4, 0.5) is 0 Å². The molecule has 1 aromatic carbocycles. The normalized spacial score (nSPS) is 11.3. The van der Waals surface area contributed by atoms with Crippen molar-refractivity contribution in [1.29, 1.82) is 0 Å². The van der Waals surface area contributed by atoms with E-state index < -0.39 is 0 Å². The van der Waals surface area contributed by atoms with Crippen LogP contribution in [-0.4, -0.2) is 21.7 Å². The van der Waals surface area contributed by atoms with Crippen molar-refractivity contribution in [3.05, 3.63) is 57.8 Å². The lowest BCUT2D eigenvalue weighted by Gasteiger charge is -2.07. The van der Waals surface area contributed by atoms with Crippen LogP contribution in [0.5, 0.6) is 5.75 Å². The first kappa shape index (κ1) is 15.3. The number of carbonyl (C=O) groups is 1. The molecule has 5 nitrogen and oxygen atoms in total. The van der Waals surface area contributed by atoms with Crippen molar-refractivity contribution < 1.29 is 9.90 Å². The van der Waals surface area contributed by atoms with Gasteiger partial charge in [-0.15, -0.1) is 0 Å². The highest BCUT2D eigenvalue weighted by Gasteiger charge is 2.11. The second-order valence-electron chi connectivity index (χ2n) is 4.16. The summed E-state index contributed by atoms with van der Waals surface area (Å²) in [5.41, 5.74) is 3.54. The fraction of sp³-hybridized carbons (Fsp3) is 0.0714. The molecule has 0 saturated heterocycles. The van der Waals surface area contributed by atoms with E-state index in [1.54, 1.807) is 19.1 Å². The largest absolute Gasteiger partial charge is 0.506 e. The van der Waals surface area contributed by atoms with Crippen molar-refractivity contribution in [3.8, 4) is 5.75 Å². The molecule has 1 amide bonds. The lowest BCUT2D eigenvalue weighted by Crippen LogP contribution is -2.19. The molecule has 2 N–H and O–H groups in total. The number of nitrogens with zero attached hydrogens (tertiary/aromatic N) is 2. The van der Waals surface area contributed by atoms with E-state index in [9.17, 15) is 9.90 Å². The number of hydrogen-bond donors (Lipinski definition) is 2. The summed E-state index contributed by atoms with van der Waals surface area (Å²) in [6, 6.07) is 6.06. The number of hydrazone groups is 1. The summed E-state index contributed by atoms with van der Waals surface area (Å²) in [4.78, 5) is 15.7. The molecular weight excluding hydrogens is 313 g/mol. The van der Waals surface area contributed by atoms with Crippen LogP contribution in [-0.2, 0) is 0 Å². The second-order valence-corrected chi connectivity index (χ2v) is 5.00. The number of rotatable bonds is 3. The molecule has 1 heterocycles. The Balaban J connectivity index is 2.21. The molecular formula is C14H11Cl2N3O2. The lowest BCUT2D eigenvalue weighted by atomic mass is 10.1. The van der Waals surface area contributed by atoms with Crippen molar-refractivity contribution in [1.82, 2.24) is 10.4 Å². The monoisotopic (exact) mass is 323 g/mol. The van der Waals surface area contributed by atoms with Gasteiger partial charge >= 0.3 is 0 Å². The Morgan fingerprint density at radius 3 is 2.62 bits per heavy atom. The van der Waals surface area contributed by atoms with E-state index in [1.807, 2.05) is 0 Å². The molecule has 0 saturated carbocycles. The SMILES string of the molecule is C/C(=N\NC(=O)c1ccncc1)c1cc(Cl)cc(Cl)c1O. The topological polar surface area (TPSA) is 74.6 Å². The van der Waals surface area contributed by atoms with Crippen LogP contribution in [0.2, 0.25) is 10.0 Å². The fourth-order valence-electron chi connectivity index (χ4n) is 1.60. The van der Waals surface area contributed by atoms with E-state index in [-0.39, 0.29) is 16.7 Å². The number of phenols is 1. The van der Waals surface area contributed by atoms with Crippen molar-refractivity contribution in [3.63, 3.8) is 0 Å². The van der Waals surface area contributed by atoms with Gasteiger partial charge in [-0.2, -0.15) is 5.10 Å². The number of nitrogens with one attached hydrogen (secondary N) is 1. The molecule has 108 valence electrons. The van der Waals surface area contributed by atoms with E-state index >= 15 is 0 Å². The summed E-state index contributed by atoms with van der Waals surface area (Å²) in [7, 11) is 0. The Morgan fingerprint density at radius 2 is 1.95 bits per heavy atom. The Kier molecular flexibility index (Phi) is 4.77. The van der Waals surface area contributed by atoms with Crippen molar-refractivity contribution in [2.45, 2.75) is 6.92 Å². The minimum absolute atomic E-state index is 0.118. The van der Waals surface area contributed by atoms with Crippen molar-refractivity contribution in [2.75, 3.05) is 0 Å². The zero-order valence-electron chi connectivity index (χ0n) is 11.0. The third-order valence-corrected chi connectivity index (χ3v) is 3.19. The summed E-state index contributed by atoms with van der Waals surface area (Å²) in [6.07, 6.45) is 3.02. The van der Waals surface area contributed by atoms with E-state index in [0.29, 0.717) is 21.9 Å². The number of aromatic hydroxyl groups is 1. The molecule has 0 aliphatic heterocycles. The molecule has 0 atom stereocenters. The summed E-state index contributed by atoms with van der Waals surface area (Å²) in [5.74, 6) is -0.523. The first-order valence-electron chi connectivity index (χ1n) is 5.92. The maximum Gasteiger partial charge on any atom is 0.271 e. The van der Waals surface area contributed by atoms with E-state index in [0.717, 1.165) is 0 Å². The van der Waals surface area contributed by atoms with Gasteiger partial charge in [-0.1, -0.05) is 23.2 Å². The standard InChI is InChI=1S/C14H11Cl2N3O2/c1-8(11-6-10(15)7-12(16)13(11)20)18-19-14(21)9-2-4-17-5-3-9/h2-7,20H,1H3,(H,19,21)/b18-8+. The molecule has 7 heteroatoms. The number of carbonyl (C=O) groups excluding carboxylic acids is 1. The molecule has 2 aromatic rings. The summed E-state index contributed by atoms with van der Waals surface area (Å²) in [6.45, 7) is 1.62. The Morgan fingerprint density at radius 1 is 1.29 bits per heavy atom. The van der Waals surface area contributed by atoms with Gasteiger partial charge in [0.1, 0.15) is 5.75 Å². The maximum atomic E-state index is 11.8. The molecule has 0 spiro atoms. The first-order chi connectivity index (χ1) is 9.99. The van der Waals surface area contributed by atoms with Gasteiger partial charge in [0.25, 0.3) is 5.91 Å². The average Bonchev–Trinajstić information content (AvgIpc) is 2.49. The third kappa shape index (κ3) is 3.71. The Hall–Kier alpha value is -2.11. The van der Waals surface area contributed by atoms with Crippen LogP contribution in [0.3, 0.4) is 0 Å². The summed E-state index contributed by atoms with van der Waals surface area (Å²) in [5, 5.41) is 14.3. The van der Waals surface area contributed by atoms with Crippen molar-refractivity contribution in [2.24, 2.45) is 5.10 Å². The fourth-order valence-corrected chi connectivity index (χ4v) is 2.10. The van der Waals surface area contributed by atoms with Gasteiger partial charge in [-0.3, -0.25) is 9.78 Å². The zero-order valence-corrected chi connectivity index (χ0v) is 12.5. The molecule has 0 aliphatic carbocycles. The van der Waals surface area contributed by atoms with E-state index in [1.165, 1.54) is 24.5 Å². The quantitative estimate of drug-likeness (QED) is 0.672. The first-order valence-corrected chi connectivity index (χ1v) is 6.67. The highest BCUT2D eigenvalue weighted by atomic mass is 35.5. The minimum atomic E-state index is -0.385. The van der Waals surface area contributed by atoms with Gasteiger partial charge in [-0.05, 0) is 31.2 Å². The van der Waals surface area contributed by atoms with Crippen LogP contribution in [0.1, 0.15) is 22.8 Å². The van der Waals surface area contributed by atoms with Crippen LogP contribution < -0.4 is 5.43 Å². The second kappa shape index (κ2) is 6.56. The average molecular weight is 324 g/mol. The lowest BCUT2D eigenvalue weighted by molar-refractivity contribution is 0.0954. The molecule has 2 rings (SSSR count). The number of amides is 1. The molecule has 0 radical (unpaired) electrons. The number of halogens is 2. The van der Waals surface area contributed by atoms with Gasteiger partial charge in [0.15, 0.2) is 0 Å². The Bertz CT molecular complexity index is 703. The number of aromatic nitrogens is 1. The zero-order chi connectivity index (χ0) is 15.4. The van der Waals surface area contributed by atoms with Crippen LogP contribution in [0, 0.1) is 0 Å². The van der Waals surface area contributed by atoms with Crippen LogP contribution >= 0.6 is 23.2 Å². The minimum Gasteiger partial charge on any atom is -0.506 e. The third-order valence-electron chi connectivity index (χ3n) is 2.69. The summed E-state index contributed by atoms with van der Waals surface area (Å²) < 4.78 is 0. The molecule has 0 fully saturated rings. The van der Waals surface area contributed by atoms with E-state index in [2.05, 4.69) is 15.5 Å². The molecule has 0 aliphatic rings. The van der Waals surface area contributed by atoms with Gasteiger partial charge in [0.2, 0.25) is 0 Å². The van der Waals surface area contributed by atoms with Crippen molar-refractivity contribution >= 4 is 34.8 Å². The molecule has 0 unspecified atom stereocenters. The molecule has 1 aromatic heterocycles. The van der Waals surface area contributed by atoms with Crippen LogP contribution in [0.15, 0.2) is 41.8 Å². The highest BCUT2D eigenvalue weighted by molar-refractivity contribution is 6.36. The molecule has 0 bridgehead atoms. The van der Waals surface area contributed by atoms with E-state index in [4.69, 9.17) is 23.2 Å². The smallest absolute Gasteiger partial charge is 0.271 e. The van der Waals surface area contributed by atoms with Gasteiger partial charge in [0, 0.05) is 28.5 Å². The number of phenolic OH excluding ortho intramolecular Hbond substituents is 1. The van der Waals surface area contributed by atoms with Gasteiger partial charge < -0.3 is 5.11 Å². The highest BCUT2D eigenvalue weighted by Crippen LogP contribution is 2.31. The predicted molar refractivity (Wildman–Crippen MR) is 82.0 cm³/mol.